The van der Waals surface area contributed by atoms with E-state index in [9.17, 15) is 4.79 Å². The van der Waals surface area contributed by atoms with Gasteiger partial charge < -0.3 is 19.4 Å². The fraction of sp³-hybridized carbons (Fsp3) is 0.643. The van der Waals surface area contributed by atoms with Crippen molar-refractivity contribution in [3.05, 3.63) is 23.7 Å². The predicted octanol–water partition coefficient (Wildman–Crippen LogP) is 2.54. The van der Waals surface area contributed by atoms with Crippen LogP contribution in [0.5, 0.6) is 0 Å². The molecule has 0 aromatic carbocycles. The molecule has 108 valence electrons. The van der Waals surface area contributed by atoms with E-state index in [0.29, 0.717) is 19.6 Å². The quantitative estimate of drug-likeness (QED) is 0.834. The summed E-state index contributed by atoms with van der Waals surface area (Å²) in [6, 6.07) is 1.93. The highest BCUT2D eigenvalue weighted by molar-refractivity contribution is 5.67. The molecule has 19 heavy (non-hydrogen) atoms. The zero-order valence-corrected chi connectivity index (χ0v) is 12.4. The van der Waals surface area contributed by atoms with Crippen LogP contribution in [0.4, 0.5) is 4.79 Å². The molecule has 0 unspecified atom stereocenters. The Balaban J connectivity index is 2.22. The van der Waals surface area contributed by atoms with Gasteiger partial charge in [-0.05, 0) is 39.3 Å². The molecule has 0 saturated heterocycles. The lowest BCUT2D eigenvalue weighted by Gasteiger charge is -2.24. The monoisotopic (exact) mass is 268 g/mol. The van der Waals surface area contributed by atoms with Crippen molar-refractivity contribution in [2.45, 2.75) is 39.8 Å². The maximum absolute atomic E-state index is 11.7. The van der Waals surface area contributed by atoms with Crippen LogP contribution < -0.4 is 5.32 Å². The number of amides is 1. The highest BCUT2D eigenvalue weighted by Gasteiger charge is 2.19. The van der Waals surface area contributed by atoms with Crippen LogP contribution in [0.15, 0.2) is 16.7 Å². The molecule has 0 aliphatic rings. The molecule has 0 radical (unpaired) electrons. The van der Waals surface area contributed by atoms with Crippen LogP contribution in [0.3, 0.4) is 0 Å². The molecule has 1 aromatic heterocycles. The molecule has 0 bridgehead atoms. The van der Waals surface area contributed by atoms with Crippen LogP contribution in [-0.4, -0.2) is 36.7 Å². The van der Waals surface area contributed by atoms with Gasteiger partial charge in [-0.25, -0.2) is 4.79 Å². The van der Waals surface area contributed by atoms with Crippen molar-refractivity contribution in [1.29, 1.82) is 0 Å². The zero-order valence-electron chi connectivity index (χ0n) is 12.4. The summed E-state index contributed by atoms with van der Waals surface area (Å²) < 4.78 is 10.6. The fourth-order valence-electron chi connectivity index (χ4n) is 1.47. The van der Waals surface area contributed by atoms with Crippen LogP contribution in [0.1, 0.15) is 32.1 Å². The van der Waals surface area contributed by atoms with Gasteiger partial charge in [-0.15, -0.1) is 0 Å². The van der Waals surface area contributed by atoms with Gasteiger partial charge in [-0.3, -0.25) is 0 Å². The number of hydrogen-bond donors (Lipinski definition) is 1. The number of hydrogen-bond acceptors (Lipinski definition) is 4. The summed E-state index contributed by atoms with van der Waals surface area (Å²) in [5, 5.41) is 3.23. The van der Waals surface area contributed by atoms with Crippen molar-refractivity contribution in [2.75, 3.05) is 20.1 Å². The van der Waals surface area contributed by atoms with E-state index in [0.717, 1.165) is 11.3 Å². The minimum atomic E-state index is -0.454. The van der Waals surface area contributed by atoms with Crippen molar-refractivity contribution in [3.63, 3.8) is 0 Å². The smallest absolute Gasteiger partial charge is 0.410 e. The first-order valence-corrected chi connectivity index (χ1v) is 6.47. The predicted molar refractivity (Wildman–Crippen MR) is 74.0 cm³/mol. The largest absolute Gasteiger partial charge is 0.468 e. The van der Waals surface area contributed by atoms with Crippen LogP contribution in [-0.2, 0) is 11.3 Å². The van der Waals surface area contributed by atoms with Gasteiger partial charge in [-0.2, -0.15) is 0 Å². The van der Waals surface area contributed by atoms with E-state index in [2.05, 4.69) is 5.32 Å². The molecule has 0 spiro atoms. The molecule has 5 nitrogen and oxygen atoms in total. The Morgan fingerprint density at radius 1 is 1.47 bits per heavy atom. The SMILES string of the molecule is Cc1ccoc1CNCCN(C)C(=O)OC(C)(C)C. The first-order chi connectivity index (χ1) is 8.79. The molecule has 0 aliphatic heterocycles. The van der Waals surface area contributed by atoms with Crippen molar-refractivity contribution < 1.29 is 13.9 Å². The molecule has 0 fully saturated rings. The lowest BCUT2D eigenvalue weighted by Crippen LogP contribution is -2.37. The summed E-state index contributed by atoms with van der Waals surface area (Å²) in [6.45, 7) is 9.53. The van der Waals surface area contributed by atoms with E-state index in [1.807, 2.05) is 33.8 Å². The Kier molecular flexibility index (Phi) is 5.42. The van der Waals surface area contributed by atoms with Crippen LogP contribution in [0, 0.1) is 6.92 Å². The number of carbonyl (C=O) groups excluding carboxylic acids is 1. The highest BCUT2D eigenvalue weighted by atomic mass is 16.6. The number of carbonyl (C=O) groups is 1. The van der Waals surface area contributed by atoms with Crippen molar-refractivity contribution >= 4 is 6.09 Å². The van der Waals surface area contributed by atoms with E-state index >= 15 is 0 Å². The van der Waals surface area contributed by atoms with Crippen molar-refractivity contribution in [3.8, 4) is 0 Å². The van der Waals surface area contributed by atoms with Crippen LogP contribution in [0.25, 0.3) is 0 Å². The molecule has 1 N–H and O–H groups in total. The Bertz CT molecular complexity index is 407. The van der Waals surface area contributed by atoms with E-state index in [4.69, 9.17) is 9.15 Å². The summed E-state index contributed by atoms with van der Waals surface area (Å²) in [7, 11) is 1.73. The maximum atomic E-state index is 11.7. The molecule has 0 atom stereocenters. The second kappa shape index (κ2) is 6.61. The third kappa shape index (κ3) is 5.79. The van der Waals surface area contributed by atoms with Gasteiger partial charge in [0.25, 0.3) is 0 Å². The minimum absolute atomic E-state index is 0.302. The van der Waals surface area contributed by atoms with E-state index in [1.54, 1.807) is 18.2 Å². The van der Waals surface area contributed by atoms with Gasteiger partial charge in [-0.1, -0.05) is 0 Å². The van der Waals surface area contributed by atoms with Gasteiger partial charge >= 0.3 is 6.09 Å². The molecular formula is C14H24N2O3. The number of ether oxygens (including phenoxy) is 1. The molecule has 1 rings (SSSR count). The minimum Gasteiger partial charge on any atom is -0.468 e. The molecule has 5 heteroatoms. The Hall–Kier alpha value is -1.49. The number of nitrogens with one attached hydrogen (secondary N) is 1. The highest BCUT2D eigenvalue weighted by Crippen LogP contribution is 2.09. The normalized spacial score (nSPS) is 11.4. The zero-order chi connectivity index (χ0) is 14.5. The standard InChI is InChI=1S/C14H24N2O3/c1-11-6-9-18-12(11)10-15-7-8-16(5)13(17)19-14(2,3)4/h6,9,15H,7-8,10H2,1-5H3. The average Bonchev–Trinajstić information content (AvgIpc) is 2.68. The number of aryl methyl sites for hydroxylation is 1. The average molecular weight is 268 g/mol. The van der Waals surface area contributed by atoms with Crippen molar-refractivity contribution in [1.82, 2.24) is 10.2 Å². The first kappa shape index (κ1) is 15.6. The molecule has 0 aliphatic carbocycles. The molecule has 1 amide bonds. The topological polar surface area (TPSA) is 54.7 Å². The summed E-state index contributed by atoms with van der Waals surface area (Å²) in [5.41, 5.74) is 0.678. The molecule has 0 saturated carbocycles. The van der Waals surface area contributed by atoms with E-state index in [-0.39, 0.29) is 6.09 Å². The Labute approximate surface area is 114 Å². The molecule has 1 heterocycles. The number of nitrogens with zero attached hydrogens (tertiary/aromatic N) is 1. The molecule has 1 aromatic rings. The number of likely N-dealkylation sites (N-methyl/N-ethyl adjacent to an activating group) is 1. The van der Waals surface area contributed by atoms with E-state index < -0.39 is 5.60 Å². The third-order valence-electron chi connectivity index (χ3n) is 2.58. The Morgan fingerprint density at radius 3 is 2.68 bits per heavy atom. The lowest BCUT2D eigenvalue weighted by molar-refractivity contribution is 0.0300. The van der Waals surface area contributed by atoms with Gasteiger partial charge in [0, 0.05) is 20.1 Å². The van der Waals surface area contributed by atoms with Gasteiger partial charge in [0.15, 0.2) is 0 Å². The summed E-state index contributed by atoms with van der Waals surface area (Å²) in [5.74, 6) is 0.930. The number of furan rings is 1. The molecular weight excluding hydrogens is 244 g/mol. The Morgan fingerprint density at radius 2 is 2.16 bits per heavy atom. The van der Waals surface area contributed by atoms with Gasteiger partial charge in [0.1, 0.15) is 11.4 Å². The third-order valence-corrected chi connectivity index (χ3v) is 2.58. The van der Waals surface area contributed by atoms with Crippen LogP contribution in [0.2, 0.25) is 0 Å². The second-order valence-electron chi connectivity index (χ2n) is 5.61. The maximum Gasteiger partial charge on any atom is 0.410 e. The number of rotatable bonds is 5. The second-order valence-corrected chi connectivity index (χ2v) is 5.61. The van der Waals surface area contributed by atoms with Crippen LogP contribution >= 0.6 is 0 Å². The first-order valence-electron chi connectivity index (χ1n) is 6.47. The van der Waals surface area contributed by atoms with Gasteiger partial charge in [0.05, 0.1) is 12.8 Å². The van der Waals surface area contributed by atoms with Gasteiger partial charge in [0.2, 0.25) is 0 Å². The fourth-order valence-corrected chi connectivity index (χ4v) is 1.47. The summed E-state index contributed by atoms with van der Waals surface area (Å²) >= 11 is 0. The van der Waals surface area contributed by atoms with Crippen molar-refractivity contribution in [2.24, 2.45) is 0 Å². The lowest BCUT2D eigenvalue weighted by atomic mass is 10.2. The van der Waals surface area contributed by atoms with E-state index in [1.165, 1.54) is 0 Å². The summed E-state index contributed by atoms with van der Waals surface area (Å²) in [6.07, 6.45) is 1.38. The summed E-state index contributed by atoms with van der Waals surface area (Å²) in [4.78, 5) is 13.3.